The maximum absolute atomic E-state index is 11.4. The molecule has 0 unspecified atom stereocenters. The van der Waals surface area contributed by atoms with Crippen LogP contribution in [0.15, 0.2) is 35.3 Å². The van der Waals surface area contributed by atoms with Crippen LogP contribution < -0.4 is 4.90 Å². The zero-order chi connectivity index (χ0) is 14.7. The highest BCUT2D eigenvalue weighted by Crippen LogP contribution is 2.27. The van der Waals surface area contributed by atoms with Gasteiger partial charge in [-0.1, -0.05) is 18.2 Å². The van der Waals surface area contributed by atoms with Crippen LogP contribution in [0.3, 0.4) is 0 Å². The Hall–Kier alpha value is -1.37. The molecule has 1 amide bonds. The van der Waals surface area contributed by atoms with Crippen LogP contribution in [0, 0.1) is 0 Å². The van der Waals surface area contributed by atoms with Gasteiger partial charge < -0.3 is 4.74 Å². The Kier molecular flexibility index (Phi) is 5.99. The minimum atomic E-state index is -0.158. The number of morpholine rings is 1. The van der Waals surface area contributed by atoms with E-state index in [-0.39, 0.29) is 18.3 Å². The Morgan fingerprint density at radius 2 is 1.95 bits per heavy atom. The quantitative estimate of drug-likeness (QED) is 0.734. The summed E-state index contributed by atoms with van der Waals surface area (Å²) in [6.45, 7) is 4.73. The fourth-order valence-electron chi connectivity index (χ4n) is 2.46. The van der Waals surface area contributed by atoms with Crippen LogP contribution in [-0.4, -0.2) is 53.5 Å². The molecule has 0 N–H and O–H groups in total. The summed E-state index contributed by atoms with van der Waals surface area (Å²) in [5.74, 6) is 1.37. The molecule has 0 spiro atoms. The number of carbonyl (C=O) groups excluding carboxylic acids is 1. The van der Waals surface area contributed by atoms with Crippen molar-refractivity contribution in [1.82, 2.24) is 0 Å². The van der Waals surface area contributed by atoms with Crippen molar-refractivity contribution in [2.24, 2.45) is 4.99 Å². The third-order valence-electron chi connectivity index (χ3n) is 3.36. The largest absolute Gasteiger partial charge is 0.373 e. The minimum Gasteiger partial charge on any atom is -0.373 e. The van der Waals surface area contributed by atoms with E-state index in [2.05, 4.69) is 14.5 Å². The van der Waals surface area contributed by atoms with Crippen LogP contribution in [0.4, 0.5) is 5.69 Å². The lowest BCUT2D eigenvalue weighted by atomic mass is 10.3. The van der Waals surface area contributed by atoms with E-state index < -0.39 is 0 Å². The summed E-state index contributed by atoms with van der Waals surface area (Å²) >= 11 is 1.73. The average molecular weight is 341 g/mol. The van der Waals surface area contributed by atoms with Gasteiger partial charge >= 0.3 is 5.17 Å². The number of anilines is 1. The Morgan fingerprint density at radius 1 is 1.27 bits per heavy atom. The third-order valence-corrected chi connectivity index (χ3v) is 4.46. The molecule has 2 saturated heterocycles. The molecular weight excluding hydrogens is 322 g/mol. The monoisotopic (exact) mass is 340 g/mol. The van der Waals surface area contributed by atoms with E-state index in [4.69, 9.17) is 4.74 Å². The van der Waals surface area contributed by atoms with Gasteiger partial charge in [0.25, 0.3) is 0 Å². The number of amidine groups is 2. The molecule has 5 nitrogen and oxygen atoms in total. The molecule has 2 heterocycles. The van der Waals surface area contributed by atoms with Gasteiger partial charge in [-0.3, -0.25) is 9.37 Å². The van der Waals surface area contributed by atoms with Crippen molar-refractivity contribution in [2.45, 2.75) is 6.92 Å². The number of amides is 1. The van der Waals surface area contributed by atoms with Crippen LogP contribution in [0.5, 0.6) is 0 Å². The molecule has 1 aromatic carbocycles. The van der Waals surface area contributed by atoms with Crippen molar-refractivity contribution < 1.29 is 14.1 Å². The number of rotatable bonds is 1. The lowest BCUT2D eigenvalue weighted by molar-refractivity contribution is -0.547. The zero-order valence-corrected chi connectivity index (χ0v) is 14.0. The molecule has 1 aromatic rings. The van der Waals surface area contributed by atoms with Crippen molar-refractivity contribution in [3.8, 4) is 0 Å². The first-order valence-corrected chi connectivity index (χ1v) is 8.00. The lowest BCUT2D eigenvalue weighted by Gasteiger charge is -2.19. The van der Waals surface area contributed by atoms with Crippen LogP contribution in [-0.2, 0) is 9.53 Å². The van der Waals surface area contributed by atoms with Gasteiger partial charge in [0.15, 0.2) is 0 Å². The summed E-state index contributed by atoms with van der Waals surface area (Å²) in [6, 6.07) is 10.1. The number of benzene rings is 1. The molecule has 2 aliphatic rings. The highest BCUT2D eigenvalue weighted by Gasteiger charge is 2.38. The number of nitrogens with zero attached hydrogens (tertiary/aromatic N) is 3. The number of carbonyl (C=O) groups is 1. The molecule has 0 aliphatic carbocycles. The summed E-state index contributed by atoms with van der Waals surface area (Å²) in [7, 11) is 0. The van der Waals surface area contributed by atoms with E-state index in [1.165, 1.54) is 6.92 Å². The van der Waals surface area contributed by atoms with Gasteiger partial charge in [0.2, 0.25) is 11.7 Å². The molecule has 0 bridgehead atoms. The van der Waals surface area contributed by atoms with Gasteiger partial charge in [0.05, 0.1) is 19.0 Å². The van der Waals surface area contributed by atoms with Gasteiger partial charge in [-0.25, -0.2) is 0 Å². The third kappa shape index (κ3) is 3.69. The zero-order valence-electron chi connectivity index (χ0n) is 12.4. The van der Waals surface area contributed by atoms with Crippen LogP contribution in [0.25, 0.3) is 0 Å². The number of thioether (sulfide) groups is 1. The first kappa shape index (κ1) is 17.0. The number of aliphatic imine (C=N–C) groups is 1. The lowest BCUT2D eigenvalue weighted by Crippen LogP contribution is -2.40. The SMILES string of the molecule is CC(=O)N=C1CSC(=[N+]2CCOCC2)N1c1ccccc1.Cl. The van der Waals surface area contributed by atoms with Gasteiger partial charge in [-0.2, -0.15) is 9.89 Å². The summed E-state index contributed by atoms with van der Waals surface area (Å²) < 4.78 is 7.73. The molecule has 0 aromatic heterocycles. The first-order chi connectivity index (χ1) is 10.3. The predicted octanol–water partition coefficient (Wildman–Crippen LogP) is 2.01. The second-order valence-electron chi connectivity index (χ2n) is 4.89. The second kappa shape index (κ2) is 7.76. The maximum Gasteiger partial charge on any atom is 0.320 e. The highest BCUT2D eigenvalue weighted by atomic mass is 35.5. The molecule has 3 rings (SSSR count). The molecule has 7 heteroatoms. The van der Waals surface area contributed by atoms with Crippen molar-refractivity contribution in [2.75, 3.05) is 37.0 Å². The molecule has 0 atom stereocenters. The number of hydrogen-bond acceptors (Lipinski definition) is 3. The smallest absolute Gasteiger partial charge is 0.320 e. The van der Waals surface area contributed by atoms with Gasteiger partial charge in [-0.15, -0.1) is 12.4 Å². The van der Waals surface area contributed by atoms with Gasteiger partial charge in [-0.05, 0) is 23.9 Å². The Balaban J connectivity index is 0.00000176. The molecular formula is C15H19ClN3O2S+. The van der Waals surface area contributed by atoms with E-state index in [0.717, 1.165) is 48.7 Å². The van der Waals surface area contributed by atoms with Crippen LogP contribution in [0.2, 0.25) is 0 Å². The summed E-state index contributed by atoms with van der Waals surface area (Å²) in [5.41, 5.74) is 1.05. The Bertz CT molecular complexity index is 596. The minimum absolute atomic E-state index is 0. The fourth-order valence-corrected chi connectivity index (χ4v) is 3.61. The molecule has 0 radical (unpaired) electrons. The van der Waals surface area contributed by atoms with E-state index in [1.54, 1.807) is 11.8 Å². The standard InChI is InChI=1S/C15H18N3O2S.ClH/c1-12(19)16-14-11-21-15(17-7-9-20-10-8-17)18(14)13-5-3-2-4-6-13;/h2-6H,7-11H2,1H3;1H/q+1;. The number of halogens is 1. The van der Waals surface area contributed by atoms with E-state index in [9.17, 15) is 4.79 Å². The van der Waals surface area contributed by atoms with Gasteiger partial charge in [0, 0.05) is 6.92 Å². The normalized spacial score (nSPS) is 20.2. The topological polar surface area (TPSA) is 44.9 Å². The summed E-state index contributed by atoms with van der Waals surface area (Å²) in [5, 5.41) is 1.14. The summed E-state index contributed by atoms with van der Waals surface area (Å²) in [4.78, 5) is 17.7. The van der Waals surface area contributed by atoms with Crippen molar-refractivity contribution in [1.29, 1.82) is 0 Å². The molecule has 22 heavy (non-hydrogen) atoms. The predicted molar refractivity (Wildman–Crippen MR) is 92.6 cm³/mol. The van der Waals surface area contributed by atoms with Crippen LogP contribution >= 0.6 is 24.2 Å². The molecule has 0 saturated carbocycles. The number of para-hydroxylation sites is 1. The van der Waals surface area contributed by atoms with Gasteiger partial charge in [0.1, 0.15) is 18.8 Å². The van der Waals surface area contributed by atoms with Crippen molar-refractivity contribution in [3.05, 3.63) is 30.3 Å². The Morgan fingerprint density at radius 3 is 2.59 bits per heavy atom. The second-order valence-corrected chi connectivity index (χ2v) is 5.83. The maximum atomic E-state index is 11.4. The Labute approximate surface area is 140 Å². The number of ether oxygens (including phenoxy) is 1. The first-order valence-electron chi connectivity index (χ1n) is 7.01. The van der Waals surface area contributed by atoms with Crippen molar-refractivity contribution >= 4 is 46.8 Å². The number of hydrogen-bond donors (Lipinski definition) is 0. The average Bonchev–Trinajstić information content (AvgIpc) is 2.92. The molecule has 2 aliphatic heterocycles. The van der Waals surface area contributed by atoms with E-state index >= 15 is 0 Å². The molecule has 2 fully saturated rings. The van der Waals surface area contributed by atoms with E-state index in [1.807, 2.05) is 30.3 Å². The van der Waals surface area contributed by atoms with Crippen LogP contribution in [0.1, 0.15) is 6.92 Å². The fraction of sp³-hybridized carbons (Fsp3) is 0.400. The highest BCUT2D eigenvalue weighted by molar-refractivity contribution is 8.15. The van der Waals surface area contributed by atoms with E-state index in [0.29, 0.717) is 0 Å². The summed E-state index contributed by atoms with van der Waals surface area (Å²) in [6.07, 6.45) is 0. The van der Waals surface area contributed by atoms with Crippen molar-refractivity contribution in [3.63, 3.8) is 0 Å². The molecule has 118 valence electrons.